The minimum atomic E-state index is 0.261. The van der Waals surface area contributed by atoms with Crippen LogP contribution in [-0.2, 0) is 6.54 Å². The van der Waals surface area contributed by atoms with Crippen LogP contribution in [0.4, 0.5) is 0 Å². The molecule has 2 fully saturated rings. The lowest BCUT2D eigenvalue weighted by molar-refractivity contribution is -0.00198. The van der Waals surface area contributed by atoms with Crippen molar-refractivity contribution >= 4 is 0 Å². The largest absolute Gasteiger partial charge is 0.315 e. The Morgan fingerprint density at radius 3 is 2.65 bits per heavy atom. The topological polar surface area (TPSA) is 18.5 Å². The third-order valence-corrected chi connectivity index (χ3v) is 4.87. The maximum atomic E-state index is 3.49. The first-order valence-electron chi connectivity index (χ1n) is 7.89. The molecule has 1 aromatic carbocycles. The van der Waals surface area contributed by atoms with E-state index in [0.717, 1.165) is 12.6 Å². The van der Waals surface area contributed by atoms with Gasteiger partial charge in [0.15, 0.2) is 0 Å². The number of nitrogens with zero attached hydrogens (tertiary/aromatic N) is 2. The molecule has 0 amide bonds. The first-order valence-corrected chi connectivity index (χ1v) is 7.89. The van der Waals surface area contributed by atoms with Gasteiger partial charge in [-0.05, 0) is 32.4 Å². The second-order valence-electron chi connectivity index (χ2n) is 6.84. The highest BCUT2D eigenvalue weighted by molar-refractivity contribution is 5.15. The predicted molar refractivity (Wildman–Crippen MR) is 83.8 cm³/mol. The van der Waals surface area contributed by atoms with Gasteiger partial charge in [-0.2, -0.15) is 0 Å². The Labute approximate surface area is 123 Å². The predicted octanol–water partition coefficient (Wildman–Crippen LogP) is 1.94. The van der Waals surface area contributed by atoms with E-state index in [0.29, 0.717) is 0 Å². The number of rotatable bonds is 3. The maximum absolute atomic E-state index is 3.49. The van der Waals surface area contributed by atoms with Crippen LogP contribution >= 0.6 is 0 Å². The van der Waals surface area contributed by atoms with E-state index < -0.39 is 0 Å². The summed E-state index contributed by atoms with van der Waals surface area (Å²) in [6.07, 6.45) is 1.31. The minimum Gasteiger partial charge on any atom is -0.315 e. The first kappa shape index (κ1) is 14.1. The van der Waals surface area contributed by atoms with Crippen LogP contribution in [0.25, 0.3) is 0 Å². The number of nitrogens with one attached hydrogen (secondary N) is 1. The molecule has 0 aromatic heterocycles. The molecule has 3 nitrogen and oxygen atoms in total. The van der Waals surface area contributed by atoms with Crippen molar-refractivity contribution in [2.45, 2.75) is 38.4 Å². The van der Waals surface area contributed by atoms with Crippen molar-refractivity contribution in [3.63, 3.8) is 0 Å². The molecule has 2 heterocycles. The van der Waals surface area contributed by atoms with E-state index in [-0.39, 0.29) is 5.54 Å². The molecule has 0 spiro atoms. The molecular formula is C17H27N3. The fraction of sp³-hybridized carbons (Fsp3) is 0.647. The molecular weight excluding hydrogens is 246 g/mol. The van der Waals surface area contributed by atoms with Crippen LogP contribution in [0.15, 0.2) is 30.3 Å². The molecule has 0 saturated carbocycles. The third-order valence-electron chi connectivity index (χ3n) is 4.87. The third kappa shape index (κ3) is 3.05. The molecule has 1 atom stereocenters. The zero-order valence-corrected chi connectivity index (χ0v) is 12.8. The second-order valence-corrected chi connectivity index (χ2v) is 6.84. The molecule has 20 heavy (non-hydrogen) atoms. The zero-order valence-electron chi connectivity index (χ0n) is 12.8. The van der Waals surface area contributed by atoms with Crippen LogP contribution < -0.4 is 5.32 Å². The Morgan fingerprint density at radius 1 is 1.20 bits per heavy atom. The van der Waals surface area contributed by atoms with Gasteiger partial charge in [-0.1, -0.05) is 30.3 Å². The Morgan fingerprint density at radius 2 is 2.00 bits per heavy atom. The number of hydrogen-bond acceptors (Lipinski definition) is 3. The lowest BCUT2D eigenvalue weighted by Gasteiger charge is -2.49. The maximum Gasteiger partial charge on any atom is 0.0284 e. The van der Waals surface area contributed by atoms with Crippen molar-refractivity contribution in [2.75, 3.05) is 32.7 Å². The molecule has 2 aliphatic heterocycles. The highest BCUT2D eigenvalue weighted by Crippen LogP contribution is 2.25. The van der Waals surface area contributed by atoms with E-state index in [1.807, 2.05) is 0 Å². The van der Waals surface area contributed by atoms with Gasteiger partial charge in [0, 0.05) is 44.3 Å². The van der Waals surface area contributed by atoms with Gasteiger partial charge in [-0.3, -0.25) is 9.80 Å². The normalized spacial score (nSPS) is 27.8. The number of benzene rings is 1. The lowest BCUT2D eigenvalue weighted by Crippen LogP contribution is -2.61. The van der Waals surface area contributed by atoms with E-state index in [2.05, 4.69) is 59.3 Å². The summed E-state index contributed by atoms with van der Waals surface area (Å²) in [6, 6.07) is 11.6. The monoisotopic (exact) mass is 273 g/mol. The van der Waals surface area contributed by atoms with Gasteiger partial charge in [-0.25, -0.2) is 0 Å². The molecule has 3 heteroatoms. The van der Waals surface area contributed by atoms with E-state index >= 15 is 0 Å². The van der Waals surface area contributed by atoms with Crippen molar-refractivity contribution < 1.29 is 0 Å². The van der Waals surface area contributed by atoms with Gasteiger partial charge < -0.3 is 5.32 Å². The van der Waals surface area contributed by atoms with E-state index in [4.69, 9.17) is 0 Å². The van der Waals surface area contributed by atoms with Gasteiger partial charge in [0.1, 0.15) is 0 Å². The van der Waals surface area contributed by atoms with Crippen LogP contribution in [0.1, 0.15) is 25.8 Å². The molecule has 1 aromatic rings. The Balaban J connectivity index is 1.63. The van der Waals surface area contributed by atoms with Crippen LogP contribution in [0, 0.1) is 0 Å². The minimum absolute atomic E-state index is 0.261. The van der Waals surface area contributed by atoms with Crippen molar-refractivity contribution in [2.24, 2.45) is 0 Å². The molecule has 1 unspecified atom stereocenters. The van der Waals surface area contributed by atoms with Crippen molar-refractivity contribution in [1.82, 2.24) is 15.1 Å². The Bertz CT molecular complexity index is 423. The summed E-state index contributed by atoms with van der Waals surface area (Å²) in [4.78, 5) is 5.34. The van der Waals surface area contributed by atoms with Crippen molar-refractivity contribution in [3.8, 4) is 0 Å². The summed E-state index contributed by atoms with van der Waals surface area (Å²) < 4.78 is 0. The summed E-state index contributed by atoms with van der Waals surface area (Å²) >= 11 is 0. The molecule has 110 valence electrons. The average Bonchev–Trinajstić information content (AvgIpc) is 2.96. The molecule has 2 aliphatic rings. The fourth-order valence-corrected chi connectivity index (χ4v) is 3.59. The molecule has 0 bridgehead atoms. The van der Waals surface area contributed by atoms with Gasteiger partial charge in [-0.15, -0.1) is 0 Å². The summed E-state index contributed by atoms with van der Waals surface area (Å²) in [6.45, 7) is 11.8. The molecule has 3 rings (SSSR count). The van der Waals surface area contributed by atoms with Gasteiger partial charge in [0.25, 0.3) is 0 Å². The van der Waals surface area contributed by atoms with E-state index in [1.165, 1.54) is 44.7 Å². The Hall–Kier alpha value is -0.900. The van der Waals surface area contributed by atoms with E-state index in [9.17, 15) is 0 Å². The molecule has 1 N–H and O–H groups in total. The summed E-state index contributed by atoms with van der Waals surface area (Å²) in [5, 5.41) is 3.49. The van der Waals surface area contributed by atoms with Crippen molar-refractivity contribution in [1.29, 1.82) is 0 Å². The van der Waals surface area contributed by atoms with Crippen LogP contribution in [0.5, 0.6) is 0 Å². The Kier molecular flexibility index (Phi) is 4.11. The highest BCUT2D eigenvalue weighted by atomic mass is 15.3. The first-order chi connectivity index (χ1) is 9.65. The van der Waals surface area contributed by atoms with E-state index in [1.54, 1.807) is 0 Å². The fourth-order valence-electron chi connectivity index (χ4n) is 3.59. The molecule has 2 saturated heterocycles. The van der Waals surface area contributed by atoms with Crippen LogP contribution in [-0.4, -0.2) is 54.1 Å². The number of piperazine rings is 1. The van der Waals surface area contributed by atoms with Gasteiger partial charge in [0.05, 0.1) is 0 Å². The zero-order chi connectivity index (χ0) is 14.0. The van der Waals surface area contributed by atoms with Crippen LogP contribution in [0.2, 0.25) is 0 Å². The van der Waals surface area contributed by atoms with Crippen molar-refractivity contribution in [3.05, 3.63) is 35.9 Å². The summed E-state index contributed by atoms with van der Waals surface area (Å²) in [5.74, 6) is 0. The van der Waals surface area contributed by atoms with Gasteiger partial charge >= 0.3 is 0 Å². The highest BCUT2D eigenvalue weighted by Gasteiger charge is 2.36. The summed E-state index contributed by atoms with van der Waals surface area (Å²) in [5.41, 5.74) is 1.69. The summed E-state index contributed by atoms with van der Waals surface area (Å²) in [7, 11) is 0. The number of hydrogen-bond donors (Lipinski definition) is 1. The smallest absolute Gasteiger partial charge is 0.0284 e. The van der Waals surface area contributed by atoms with Gasteiger partial charge in [0.2, 0.25) is 0 Å². The molecule has 0 radical (unpaired) electrons. The average molecular weight is 273 g/mol. The lowest BCUT2D eigenvalue weighted by atomic mass is 9.96. The second kappa shape index (κ2) is 5.84. The quantitative estimate of drug-likeness (QED) is 0.908. The standard InChI is InChI=1S/C17H27N3/c1-17(2)14-19(16-8-9-18-12-16)10-11-20(17)13-15-6-4-3-5-7-15/h3-7,16,18H,8-14H2,1-2H3. The van der Waals surface area contributed by atoms with Crippen LogP contribution in [0.3, 0.4) is 0 Å². The SMILES string of the molecule is CC1(C)CN(C2CCNC2)CCN1Cc1ccccc1. The molecule has 0 aliphatic carbocycles.